The Kier molecular flexibility index (Phi) is 7.86. The molecule has 0 saturated heterocycles. The van der Waals surface area contributed by atoms with Crippen molar-refractivity contribution in [1.29, 1.82) is 0 Å². The third kappa shape index (κ3) is 4.92. The third-order valence-corrected chi connectivity index (χ3v) is 14.9. The van der Waals surface area contributed by atoms with Gasteiger partial charge in [-0.1, -0.05) is 184 Å². The van der Waals surface area contributed by atoms with Crippen LogP contribution in [0.15, 0.2) is 206 Å². The Morgan fingerprint density at radius 3 is 1.97 bits per heavy atom. The maximum Gasteiger partial charge on any atom is 0.0683 e. The monoisotopic (exact) mass is 785 g/mol. The summed E-state index contributed by atoms with van der Waals surface area (Å²) in [5, 5.41) is 2.65. The highest BCUT2D eigenvalue weighted by Gasteiger charge is 2.48. The molecular weight excluding hydrogens is 743 g/mol. The summed E-state index contributed by atoms with van der Waals surface area (Å²) in [4.78, 5) is 2.55. The molecule has 12 rings (SSSR count). The zero-order chi connectivity index (χ0) is 40.0. The summed E-state index contributed by atoms with van der Waals surface area (Å²) >= 11 is 1.93. The molecule has 0 amide bonds. The van der Waals surface area contributed by atoms with E-state index in [4.69, 9.17) is 0 Å². The minimum atomic E-state index is -0.413. The summed E-state index contributed by atoms with van der Waals surface area (Å²) in [7, 11) is 0. The van der Waals surface area contributed by atoms with Gasteiger partial charge in [0.25, 0.3) is 0 Å². The van der Waals surface area contributed by atoms with E-state index in [-0.39, 0.29) is 5.41 Å². The molecule has 1 aromatic heterocycles. The molecule has 1 nitrogen and oxygen atoms in total. The lowest BCUT2D eigenvalue weighted by molar-refractivity contribution is 0.660. The van der Waals surface area contributed by atoms with E-state index in [1.54, 1.807) is 0 Å². The number of hydrogen-bond acceptors (Lipinski definition) is 2. The van der Waals surface area contributed by atoms with Crippen molar-refractivity contribution >= 4 is 54.1 Å². The largest absolute Gasteiger partial charge is 0.308 e. The Bertz CT molecular complexity index is 3220. The van der Waals surface area contributed by atoms with Crippen molar-refractivity contribution in [2.75, 3.05) is 4.90 Å². The number of nitrogens with zero attached hydrogens (tertiary/aromatic N) is 1. The summed E-state index contributed by atoms with van der Waals surface area (Å²) in [5.41, 5.74) is 19.2. The van der Waals surface area contributed by atoms with Gasteiger partial charge in [-0.05, 0) is 104 Å². The lowest BCUT2D eigenvalue weighted by Crippen LogP contribution is -2.30. The Labute approximate surface area is 356 Å². The van der Waals surface area contributed by atoms with E-state index in [9.17, 15) is 0 Å². The fourth-order valence-corrected chi connectivity index (χ4v) is 12.3. The highest BCUT2D eigenvalue weighted by atomic mass is 32.1. The van der Waals surface area contributed by atoms with E-state index in [2.05, 4.69) is 219 Å². The number of hydrogen-bond donors (Lipinski definition) is 0. The Hall–Kier alpha value is -6.74. The van der Waals surface area contributed by atoms with E-state index >= 15 is 0 Å². The van der Waals surface area contributed by atoms with Gasteiger partial charge >= 0.3 is 0 Å². The molecule has 0 spiro atoms. The Balaban J connectivity index is 1.14. The van der Waals surface area contributed by atoms with E-state index in [1.165, 1.54) is 98.3 Å². The van der Waals surface area contributed by atoms with Gasteiger partial charge < -0.3 is 4.90 Å². The van der Waals surface area contributed by atoms with Crippen molar-refractivity contribution in [1.82, 2.24) is 0 Å². The minimum absolute atomic E-state index is 0.117. The first-order valence-electron chi connectivity index (χ1n) is 21.2. The molecular formula is C58H43NS. The SMILES string of the molecule is CC1(C)c2ccccc2-c2c(N(c3ccc(-c4ccccc4)cc3)c3cccc4c3sc3cccc(C5(c6ccccc6)C6=C(C=CCC6)c6ccccc65)c34)cccc21. The number of allylic oxidation sites excluding steroid dienone is 4. The second-order valence-corrected chi connectivity index (χ2v) is 18.1. The topological polar surface area (TPSA) is 3.24 Å². The van der Waals surface area contributed by atoms with Crippen molar-refractivity contribution in [2.45, 2.75) is 37.5 Å². The van der Waals surface area contributed by atoms with Gasteiger partial charge in [0.05, 0.1) is 21.5 Å². The zero-order valence-electron chi connectivity index (χ0n) is 33.8. The molecule has 60 heavy (non-hydrogen) atoms. The lowest BCUT2D eigenvalue weighted by Gasteiger charge is -2.37. The molecule has 3 aliphatic rings. The molecule has 8 aromatic carbocycles. The van der Waals surface area contributed by atoms with Gasteiger partial charge in [-0.25, -0.2) is 0 Å². The van der Waals surface area contributed by atoms with Crippen LogP contribution in [-0.2, 0) is 10.8 Å². The maximum absolute atomic E-state index is 2.55. The van der Waals surface area contributed by atoms with Gasteiger partial charge in [-0.15, -0.1) is 11.3 Å². The molecule has 9 aromatic rings. The summed E-state index contributed by atoms with van der Waals surface area (Å²) in [5.74, 6) is 0. The van der Waals surface area contributed by atoms with Crippen molar-refractivity contribution < 1.29 is 0 Å². The van der Waals surface area contributed by atoms with Gasteiger partial charge in [0.1, 0.15) is 0 Å². The van der Waals surface area contributed by atoms with E-state index < -0.39 is 5.41 Å². The molecule has 0 fully saturated rings. The number of thiophene rings is 1. The van der Waals surface area contributed by atoms with E-state index in [0.717, 1.165) is 18.5 Å². The second-order valence-electron chi connectivity index (χ2n) is 17.0. The van der Waals surface area contributed by atoms with Gasteiger partial charge in [-0.3, -0.25) is 0 Å². The van der Waals surface area contributed by atoms with Gasteiger partial charge in [0.15, 0.2) is 0 Å². The van der Waals surface area contributed by atoms with Crippen molar-refractivity contribution in [3.8, 4) is 22.3 Å². The van der Waals surface area contributed by atoms with Gasteiger partial charge in [0.2, 0.25) is 0 Å². The molecule has 1 unspecified atom stereocenters. The molecule has 286 valence electrons. The molecule has 0 radical (unpaired) electrons. The minimum Gasteiger partial charge on any atom is -0.308 e. The molecule has 0 saturated carbocycles. The number of benzene rings is 8. The van der Waals surface area contributed by atoms with Crippen molar-refractivity contribution in [3.63, 3.8) is 0 Å². The standard InChI is InChI=1S/C58H43NS/c1-57(2)46-26-12-11-24-44(46)54-49(57)29-16-31-51(54)59(41-36-34-39(35-37-41)38-18-5-3-6-19-38)52-32-15-25-45-55-50(30-17-33-53(55)60-56(45)52)58(40-20-7-4-8-21-40)47-27-13-9-22-42(47)43-23-10-14-28-48(43)58/h3-13,15-27,29-37H,14,28H2,1-2H3. The zero-order valence-corrected chi connectivity index (χ0v) is 34.6. The quantitative estimate of drug-likeness (QED) is 0.162. The van der Waals surface area contributed by atoms with Crippen LogP contribution < -0.4 is 4.90 Å². The first-order chi connectivity index (χ1) is 29.5. The Morgan fingerprint density at radius 2 is 1.15 bits per heavy atom. The average Bonchev–Trinajstić information content (AvgIpc) is 3.92. The van der Waals surface area contributed by atoms with Crippen LogP contribution in [-0.4, -0.2) is 0 Å². The first kappa shape index (κ1) is 35.2. The van der Waals surface area contributed by atoms with Crippen LogP contribution in [0.25, 0.3) is 48.0 Å². The predicted octanol–water partition coefficient (Wildman–Crippen LogP) is 15.9. The summed E-state index contributed by atoms with van der Waals surface area (Å²) in [6.45, 7) is 4.75. The third-order valence-electron chi connectivity index (χ3n) is 13.7. The molecule has 2 heteroatoms. The van der Waals surface area contributed by atoms with Crippen LogP contribution in [0, 0.1) is 0 Å². The molecule has 1 heterocycles. The average molecular weight is 786 g/mol. The fourth-order valence-electron chi connectivity index (χ4n) is 11.1. The first-order valence-corrected chi connectivity index (χ1v) is 22.1. The van der Waals surface area contributed by atoms with Gasteiger partial charge in [-0.2, -0.15) is 0 Å². The predicted molar refractivity (Wildman–Crippen MR) is 255 cm³/mol. The molecule has 3 aliphatic carbocycles. The van der Waals surface area contributed by atoms with Crippen LogP contribution in [0.1, 0.15) is 60.1 Å². The van der Waals surface area contributed by atoms with Crippen molar-refractivity contribution in [3.05, 3.63) is 239 Å². The van der Waals surface area contributed by atoms with E-state index in [1.807, 2.05) is 11.3 Å². The fraction of sp³-hybridized carbons (Fsp3) is 0.103. The van der Waals surface area contributed by atoms with Gasteiger partial charge in [0, 0.05) is 32.1 Å². The lowest BCUT2D eigenvalue weighted by atomic mass is 9.64. The van der Waals surface area contributed by atoms with Crippen LogP contribution in [0.2, 0.25) is 0 Å². The Morgan fingerprint density at radius 1 is 0.517 bits per heavy atom. The second kappa shape index (κ2) is 13.4. The molecule has 1 atom stereocenters. The van der Waals surface area contributed by atoms with Crippen LogP contribution in [0.3, 0.4) is 0 Å². The summed E-state index contributed by atoms with van der Waals surface area (Å²) in [6, 6.07) is 70.5. The normalized spacial score (nSPS) is 17.1. The highest BCUT2D eigenvalue weighted by molar-refractivity contribution is 7.26. The van der Waals surface area contributed by atoms with Crippen LogP contribution in [0.5, 0.6) is 0 Å². The molecule has 0 aliphatic heterocycles. The maximum atomic E-state index is 2.55. The molecule has 0 bridgehead atoms. The van der Waals surface area contributed by atoms with Crippen LogP contribution in [0.4, 0.5) is 17.1 Å². The number of rotatable bonds is 6. The molecule has 0 N–H and O–H groups in total. The highest BCUT2D eigenvalue weighted by Crippen LogP contribution is 2.60. The summed E-state index contributed by atoms with van der Waals surface area (Å²) < 4.78 is 2.61. The number of fused-ring (bicyclic) bond motifs is 8. The van der Waals surface area contributed by atoms with Crippen LogP contribution >= 0.6 is 11.3 Å². The van der Waals surface area contributed by atoms with E-state index in [0.29, 0.717) is 0 Å². The van der Waals surface area contributed by atoms with Crippen molar-refractivity contribution in [2.24, 2.45) is 0 Å². The summed E-state index contributed by atoms with van der Waals surface area (Å²) in [6.07, 6.45) is 6.84. The number of anilines is 3. The smallest absolute Gasteiger partial charge is 0.0683 e.